The number of hydrogen-bond donors (Lipinski definition) is 1. The highest BCUT2D eigenvalue weighted by atomic mass is 19.1. The molecule has 5 nitrogen and oxygen atoms in total. The van der Waals surface area contributed by atoms with E-state index in [0.717, 1.165) is 21.7 Å². The number of halogens is 1. The molecule has 6 heteroatoms. The molecule has 0 spiro atoms. The third-order valence-corrected chi connectivity index (χ3v) is 4.97. The second-order valence-corrected chi connectivity index (χ2v) is 6.69. The van der Waals surface area contributed by atoms with E-state index in [1.165, 1.54) is 18.2 Å². The molecule has 0 aliphatic rings. The second kappa shape index (κ2) is 6.53. The molecular weight excluding hydrogens is 369 g/mol. The normalized spacial score (nSPS) is 11.2. The first-order valence-corrected chi connectivity index (χ1v) is 8.95. The lowest BCUT2D eigenvalue weighted by atomic mass is 9.94. The number of nitrogens with one attached hydrogen (secondary N) is 1. The van der Waals surface area contributed by atoms with Gasteiger partial charge < -0.3 is 9.90 Å². The van der Waals surface area contributed by atoms with Gasteiger partial charge in [0.05, 0.1) is 29.1 Å². The predicted molar refractivity (Wildman–Crippen MR) is 107 cm³/mol. The van der Waals surface area contributed by atoms with E-state index in [0.29, 0.717) is 22.3 Å². The van der Waals surface area contributed by atoms with Crippen LogP contribution in [0, 0.1) is 5.82 Å². The number of fused-ring (bicyclic) bond motifs is 3. The third kappa shape index (κ3) is 2.82. The van der Waals surface area contributed by atoms with Crippen molar-refractivity contribution in [2.45, 2.75) is 0 Å². The number of nitrogens with zero attached hydrogens (tertiary/aromatic N) is 2. The number of hydrogen-bond acceptors (Lipinski definition) is 4. The largest absolute Gasteiger partial charge is 0.543 e. The zero-order chi connectivity index (χ0) is 20.0. The van der Waals surface area contributed by atoms with Gasteiger partial charge in [0.15, 0.2) is 0 Å². The van der Waals surface area contributed by atoms with E-state index >= 15 is 0 Å². The van der Waals surface area contributed by atoms with Gasteiger partial charge in [-0.2, -0.15) is 5.10 Å². The van der Waals surface area contributed by atoms with E-state index < -0.39 is 5.97 Å². The Morgan fingerprint density at radius 1 is 0.966 bits per heavy atom. The summed E-state index contributed by atoms with van der Waals surface area (Å²) in [6.45, 7) is 0. The van der Waals surface area contributed by atoms with E-state index in [9.17, 15) is 14.3 Å². The van der Waals surface area contributed by atoms with Crippen molar-refractivity contribution in [3.63, 3.8) is 0 Å². The van der Waals surface area contributed by atoms with Crippen molar-refractivity contribution in [1.82, 2.24) is 15.2 Å². The molecule has 5 rings (SSSR count). The maximum atomic E-state index is 13.4. The fourth-order valence-electron chi connectivity index (χ4n) is 3.65. The van der Waals surface area contributed by atoms with Crippen LogP contribution in [0.5, 0.6) is 0 Å². The summed E-state index contributed by atoms with van der Waals surface area (Å²) in [5.74, 6) is -1.69. The van der Waals surface area contributed by atoms with Gasteiger partial charge in [0.2, 0.25) is 0 Å². The number of carboxylic acids is 1. The maximum Gasteiger partial charge on any atom is 0.123 e. The van der Waals surface area contributed by atoms with Crippen LogP contribution in [0.25, 0.3) is 44.1 Å². The van der Waals surface area contributed by atoms with Crippen molar-refractivity contribution in [3.05, 3.63) is 84.4 Å². The number of benzene rings is 3. The molecule has 0 aliphatic carbocycles. The lowest BCUT2D eigenvalue weighted by Crippen LogP contribution is -2.23. The molecule has 0 atom stereocenters. The van der Waals surface area contributed by atoms with Crippen LogP contribution in [0.1, 0.15) is 10.5 Å². The zero-order valence-corrected chi connectivity index (χ0v) is 15.0. The van der Waals surface area contributed by atoms with Crippen molar-refractivity contribution < 1.29 is 14.3 Å². The molecule has 5 aromatic rings. The zero-order valence-electron chi connectivity index (χ0n) is 15.0. The highest BCUT2D eigenvalue weighted by Crippen LogP contribution is 2.38. The highest BCUT2D eigenvalue weighted by Gasteiger charge is 2.17. The molecular formula is C23H13FN3O2-. The Morgan fingerprint density at radius 3 is 2.55 bits per heavy atom. The van der Waals surface area contributed by atoms with Crippen LogP contribution in [0.2, 0.25) is 0 Å². The molecule has 0 unspecified atom stereocenters. The third-order valence-electron chi connectivity index (χ3n) is 4.97. The predicted octanol–water partition coefficient (Wildman–Crippen LogP) is 3.95. The quantitative estimate of drug-likeness (QED) is 0.479. The summed E-state index contributed by atoms with van der Waals surface area (Å²) in [6.07, 6.45) is 1.63. The molecule has 0 bridgehead atoms. The number of pyridine rings is 1. The molecule has 0 saturated carbocycles. The van der Waals surface area contributed by atoms with Crippen molar-refractivity contribution in [1.29, 1.82) is 0 Å². The topological polar surface area (TPSA) is 81.7 Å². The summed E-state index contributed by atoms with van der Waals surface area (Å²) >= 11 is 0. The van der Waals surface area contributed by atoms with Crippen LogP contribution in [0.4, 0.5) is 4.39 Å². The summed E-state index contributed by atoms with van der Waals surface area (Å²) < 4.78 is 13.4. The first kappa shape index (κ1) is 17.1. The van der Waals surface area contributed by atoms with E-state index in [-0.39, 0.29) is 11.5 Å². The summed E-state index contributed by atoms with van der Waals surface area (Å²) in [5, 5.41) is 21.5. The Kier molecular flexibility index (Phi) is 3.84. The number of aromatic nitrogens is 3. The number of carbonyl (C=O) groups excluding carboxylic acids is 1. The monoisotopic (exact) mass is 382 g/mol. The van der Waals surface area contributed by atoms with Gasteiger partial charge in [-0.1, -0.05) is 30.3 Å². The fraction of sp³-hybridized carbons (Fsp3) is 0. The molecule has 29 heavy (non-hydrogen) atoms. The summed E-state index contributed by atoms with van der Waals surface area (Å²) in [5.41, 5.74) is 3.15. The van der Waals surface area contributed by atoms with Crippen LogP contribution in [-0.4, -0.2) is 21.2 Å². The van der Waals surface area contributed by atoms with Gasteiger partial charge in [0, 0.05) is 16.5 Å². The molecule has 0 amide bonds. The van der Waals surface area contributed by atoms with E-state index in [4.69, 9.17) is 0 Å². The Morgan fingerprint density at radius 2 is 1.76 bits per heavy atom. The second-order valence-electron chi connectivity index (χ2n) is 6.69. The Balaban J connectivity index is 1.87. The van der Waals surface area contributed by atoms with Gasteiger partial charge in [-0.15, -0.1) is 0 Å². The minimum absolute atomic E-state index is 0.158. The maximum absolute atomic E-state index is 13.4. The Hall–Kier alpha value is -4.06. The van der Waals surface area contributed by atoms with Gasteiger partial charge in [-0.3, -0.25) is 5.10 Å². The first-order valence-electron chi connectivity index (χ1n) is 8.95. The van der Waals surface area contributed by atoms with Gasteiger partial charge in [-0.05, 0) is 52.7 Å². The van der Waals surface area contributed by atoms with E-state index in [1.54, 1.807) is 24.4 Å². The highest BCUT2D eigenvalue weighted by molar-refractivity contribution is 6.15. The standard InChI is InChI=1S/C23H14FN3O2/c24-15-8-5-14(6-9-15)22-18(12-25-27-22)17-11-20(23(28)29)26-19-10-7-13-3-1-2-4-16(13)21(17)19/h1-12H,(H,25,27)(H,28,29)/p-1. The van der Waals surface area contributed by atoms with Gasteiger partial charge in [0.25, 0.3) is 0 Å². The molecule has 2 aromatic heterocycles. The summed E-state index contributed by atoms with van der Waals surface area (Å²) in [7, 11) is 0. The molecule has 1 N–H and O–H groups in total. The Bertz CT molecular complexity index is 1390. The molecule has 2 heterocycles. The van der Waals surface area contributed by atoms with Crippen molar-refractivity contribution in [3.8, 4) is 22.4 Å². The molecule has 140 valence electrons. The van der Waals surface area contributed by atoms with Gasteiger partial charge >= 0.3 is 0 Å². The summed E-state index contributed by atoms with van der Waals surface area (Å²) in [6, 6.07) is 19.1. The average molecular weight is 382 g/mol. The van der Waals surface area contributed by atoms with Crippen LogP contribution in [-0.2, 0) is 0 Å². The SMILES string of the molecule is O=C([O-])c1cc(-c2cn[nH]c2-c2ccc(F)cc2)c2c(ccc3ccccc32)n1. The Labute approximate surface area is 164 Å². The van der Waals surface area contributed by atoms with Gasteiger partial charge in [-0.25, -0.2) is 9.37 Å². The number of carbonyl (C=O) groups is 1. The van der Waals surface area contributed by atoms with Crippen LogP contribution in [0.15, 0.2) is 72.9 Å². The minimum atomic E-state index is -1.35. The van der Waals surface area contributed by atoms with Crippen LogP contribution in [0.3, 0.4) is 0 Å². The molecule has 0 radical (unpaired) electrons. The van der Waals surface area contributed by atoms with Gasteiger partial charge in [0.1, 0.15) is 5.82 Å². The molecule has 0 saturated heterocycles. The van der Waals surface area contributed by atoms with Crippen molar-refractivity contribution >= 4 is 27.6 Å². The first-order chi connectivity index (χ1) is 14.1. The lowest BCUT2D eigenvalue weighted by molar-refractivity contribution is -0.255. The van der Waals surface area contributed by atoms with Crippen molar-refractivity contribution in [2.75, 3.05) is 0 Å². The number of H-pyrrole nitrogens is 1. The fourth-order valence-corrected chi connectivity index (χ4v) is 3.65. The molecule has 0 fully saturated rings. The van der Waals surface area contributed by atoms with Crippen LogP contribution >= 0.6 is 0 Å². The van der Waals surface area contributed by atoms with E-state index in [1.807, 2.05) is 30.3 Å². The summed E-state index contributed by atoms with van der Waals surface area (Å²) in [4.78, 5) is 15.9. The van der Waals surface area contributed by atoms with E-state index in [2.05, 4.69) is 15.2 Å². The lowest BCUT2D eigenvalue weighted by Gasteiger charge is -2.13. The number of aromatic carboxylic acids is 1. The van der Waals surface area contributed by atoms with Crippen molar-refractivity contribution in [2.24, 2.45) is 0 Å². The smallest absolute Gasteiger partial charge is 0.123 e. The average Bonchev–Trinajstić information content (AvgIpc) is 3.23. The van der Waals surface area contributed by atoms with Crippen LogP contribution < -0.4 is 5.11 Å². The number of carboxylic acid groups (broad SMARTS) is 1. The minimum Gasteiger partial charge on any atom is -0.543 e. The number of rotatable bonds is 3. The molecule has 3 aromatic carbocycles. The number of aromatic amines is 1. The molecule has 0 aliphatic heterocycles.